The highest BCUT2D eigenvalue weighted by atomic mass is 79.9. The normalized spacial score (nSPS) is 22.4. The highest BCUT2D eigenvalue weighted by molar-refractivity contribution is 9.10. The molecule has 12 nitrogen and oxygen atoms in total. The summed E-state index contributed by atoms with van der Waals surface area (Å²) in [6, 6.07) is 10.5. The Morgan fingerprint density at radius 2 is 1.85 bits per heavy atom. The van der Waals surface area contributed by atoms with Crippen LogP contribution in [-0.2, 0) is 25.2 Å². The van der Waals surface area contributed by atoms with Gasteiger partial charge in [-0.15, -0.1) is 13.2 Å². The van der Waals surface area contributed by atoms with E-state index in [2.05, 4.69) is 20.7 Å². The Balaban J connectivity index is 1.66. The Morgan fingerprint density at radius 1 is 1.11 bits per heavy atom. The van der Waals surface area contributed by atoms with Gasteiger partial charge < -0.3 is 29.0 Å². The number of aliphatic hydroxyl groups excluding tert-OH is 1. The van der Waals surface area contributed by atoms with E-state index in [1.54, 1.807) is 12.1 Å². The number of sulfonamides is 1. The van der Waals surface area contributed by atoms with Crippen molar-refractivity contribution in [3.63, 3.8) is 0 Å². The first-order valence-corrected chi connectivity index (χ1v) is 16.2. The topological polar surface area (TPSA) is 135 Å². The summed E-state index contributed by atoms with van der Waals surface area (Å²) in [6.07, 6.45) is -6.51. The summed E-state index contributed by atoms with van der Waals surface area (Å²) >= 11 is 3.40. The number of hydrogen-bond donors (Lipinski definition) is 1. The summed E-state index contributed by atoms with van der Waals surface area (Å²) in [7, 11) is -1.03. The minimum Gasteiger partial charge on any atom is -0.497 e. The van der Waals surface area contributed by atoms with Gasteiger partial charge in [0, 0.05) is 42.3 Å². The number of likely N-dealkylation sites (tertiary alicyclic amines) is 1. The van der Waals surface area contributed by atoms with Gasteiger partial charge in [-0.3, -0.25) is 14.5 Å². The quantitative estimate of drug-likeness (QED) is 0.383. The third-order valence-corrected chi connectivity index (χ3v) is 10.4. The van der Waals surface area contributed by atoms with E-state index in [0.717, 1.165) is 18.2 Å². The van der Waals surface area contributed by atoms with Crippen LogP contribution in [0.5, 0.6) is 23.0 Å². The Labute approximate surface area is 275 Å². The van der Waals surface area contributed by atoms with Crippen molar-refractivity contribution < 1.29 is 55.2 Å². The zero-order valence-corrected chi connectivity index (χ0v) is 27.3. The molecule has 1 saturated heterocycles. The van der Waals surface area contributed by atoms with Crippen molar-refractivity contribution in [1.29, 1.82) is 0 Å². The molecule has 6 rings (SSSR count). The molecule has 3 aliphatic rings. The average Bonchev–Trinajstić information content (AvgIpc) is 3.70. The summed E-state index contributed by atoms with van der Waals surface area (Å²) in [6.45, 7) is -0.484. The number of β-amino-alcohol motifs (C(OH)–C–C–N with tert-alkyl or cyclic N) is 1. The number of aliphatic hydroxyl groups is 1. The molecule has 0 aliphatic carbocycles. The third-order valence-electron chi connectivity index (χ3n) is 8.18. The molecule has 0 bridgehead atoms. The van der Waals surface area contributed by atoms with Gasteiger partial charge in [0.05, 0.1) is 24.9 Å². The van der Waals surface area contributed by atoms with Gasteiger partial charge in [0.25, 0.3) is 15.9 Å². The first-order valence-electron chi connectivity index (χ1n) is 14.0. The molecule has 250 valence electrons. The molecule has 0 radical (unpaired) electrons. The predicted octanol–water partition coefficient (Wildman–Crippen LogP) is 3.59. The SMILES string of the molecule is COc1ccc(S(=O)(=O)N2C(=O)C(c3cccc4c3OCO4)(N3C[C@H](O)C[C@H]3C(=O)N(C)C)c3cc(Br)ccc32)c(OC(F)(F)F)c1. The van der Waals surface area contributed by atoms with Crippen molar-refractivity contribution in [3.05, 3.63) is 70.2 Å². The fraction of sp³-hybridized carbons (Fsp3) is 0.333. The Morgan fingerprint density at radius 3 is 2.53 bits per heavy atom. The van der Waals surface area contributed by atoms with E-state index in [0.29, 0.717) is 8.78 Å². The number of amides is 2. The molecule has 3 aromatic rings. The number of benzene rings is 3. The number of hydrogen-bond acceptors (Lipinski definition) is 10. The number of fused-ring (bicyclic) bond motifs is 2. The molecule has 17 heteroatoms. The minimum absolute atomic E-state index is 0.0572. The second-order valence-electron chi connectivity index (χ2n) is 11.1. The number of ether oxygens (including phenoxy) is 4. The zero-order valence-electron chi connectivity index (χ0n) is 24.9. The Kier molecular flexibility index (Phi) is 8.09. The molecular formula is C30H27BrF3N3O9S. The highest BCUT2D eigenvalue weighted by Crippen LogP contribution is 2.57. The number of anilines is 1. The van der Waals surface area contributed by atoms with E-state index < -0.39 is 56.5 Å². The third kappa shape index (κ3) is 5.25. The number of rotatable bonds is 7. The Hall–Kier alpha value is -4.06. The molecule has 1 unspecified atom stereocenters. The molecule has 3 aliphatic heterocycles. The van der Waals surface area contributed by atoms with E-state index in [1.165, 1.54) is 55.3 Å². The predicted molar refractivity (Wildman–Crippen MR) is 162 cm³/mol. The summed E-state index contributed by atoms with van der Waals surface area (Å²) < 4.78 is 91.1. The molecule has 1 N–H and O–H groups in total. The lowest BCUT2D eigenvalue weighted by molar-refractivity contribution is -0.275. The van der Waals surface area contributed by atoms with Crippen LogP contribution in [0.15, 0.2) is 64.0 Å². The van der Waals surface area contributed by atoms with E-state index in [9.17, 15) is 31.5 Å². The van der Waals surface area contributed by atoms with Gasteiger partial charge in [0.15, 0.2) is 22.8 Å². The number of carbonyl (C=O) groups excluding carboxylic acids is 2. The van der Waals surface area contributed by atoms with E-state index >= 15 is 4.79 Å². The van der Waals surface area contributed by atoms with Gasteiger partial charge in [-0.1, -0.05) is 28.1 Å². The van der Waals surface area contributed by atoms with E-state index in [1.807, 2.05) is 0 Å². The maximum absolute atomic E-state index is 15.3. The number of halogens is 4. The lowest BCUT2D eigenvalue weighted by Crippen LogP contribution is -2.59. The number of carbonyl (C=O) groups is 2. The molecule has 3 heterocycles. The monoisotopic (exact) mass is 741 g/mol. The van der Waals surface area contributed by atoms with Gasteiger partial charge in [-0.05, 0) is 42.8 Å². The van der Waals surface area contributed by atoms with Crippen molar-refractivity contribution in [2.45, 2.75) is 35.4 Å². The highest BCUT2D eigenvalue weighted by Gasteiger charge is 2.64. The van der Waals surface area contributed by atoms with E-state index in [-0.39, 0.29) is 53.8 Å². The minimum atomic E-state index is -5.30. The molecule has 3 aromatic carbocycles. The first-order chi connectivity index (χ1) is 22.1. The molecule has 2 amide bonds. The van der Waals surface area contributed by atoms with Crippen LogP contribution < -0.4 is 23.3 Å². The molecular weight excluding hydrogens is 715 g/mol. The number of likely N-dealkylation sites (N-methyl/N-ethyl adjacent to an activating group) is 1. The number of methoxy groups -OCH3 is 1. The fourth-order valence-corrected chi connectivity index (χ4v) is 8.26. The lowest BCUT2D eigenvalue weighted by atomic mass is 9.80. The Bertz CT molecular complexity index is 1890. The van der Waals surface area contributed by atoms with Crippen LogP contribution >= 0.6 is 15.9 Å². The molecule has 0 spiro atoms. The van der Waals surface area contributed by atoms with E-state index in [4.69, 9.17) is 14.2 Å². The number of nitrogens with zero attached hydrogens (tertiary/aromatic N) is 3. The smallest absolute Gasteiger partial charge is 0.497 e. The largest absolute Gasteiger partial charge is 0.573 e. The van der Waals surface area contributed by atoms with Crippen molar-refractivity contribution in [2.75, 3.05) is 38.8 Å². The van der Waals surface area contributed by atoms with Crippen LogP contribution in [0.25, 0.3) is 0 Å². The molecule has 47 heavy (non-hydrogen) atoms. The molecule has 1 fully saturated rings. The number of para-hydroxylation sites is 1. The van der Waals surface area contributed by atoms with Crippen LogP contribution in [0, 0.1) is 0 Å². The maximum atomic E-state index is 15.3. The van der Waals surface area contributed by atoms with Crippen molar-refractivity contribution in [1.82, 2.24) is 9.80 Å². The molecule has 3 atom stereocenters. The van der Waals surface area contributed by atoms with Crippen molar-refractivity contribution >= 4 is 43.5 Å². The average molecular weight is 743 g/mol. The van der Waals surface area contributed by atoms with Crippen molar-refractivity contribution in [3.8, 4) is 23.0 Å². The van der Waals surface area contributed by atoms with Gasteiger partial charge in [-0.25, -0.2) is 12.7 Å². The van der Waals surface area contributed by atoms with Crippen LogP contribution in [0.4, 0.5) is 18.9 Å². The van der Waals surface area contributed by atoms with Gasteiger partial charge in [0.2, 0.25) is 12.7 Å². The second kappa shape index (κ2) is 11.6. The summed E-state index contributed by atoms with van der Waals surface area (Å²) in [4.78, 5) is 30.6. The first kappa shape index (κ1) is 32.9. The van der Waals surface area contributed by atoms with Crippen LogP contribution in [0.2, 0.25) is 0 Å². The van der Waals surface area contributed by atoms with Gasteiger partial charge in [0.1, 0.15) is 10.6 Å². The fourth-order valence-electron chi connectivity index (χ4n) is 6.34. The number of alkyl halides is 3. The summed E-state index contributed by atoms with van der Waals surface area (Å²) in [5.74, 6) is -2.58. The van der Waals surface area contributed by atoms with Gasteiger partial charge >= 0.3 is 6.36 Å². The lowest BCUT2D eigenvalue weighted by Gasteiger charge is -2.41. The molecule has 0 aromatic heterocycles. The maximum Gasteiger partial charge on any atom is 0.573 e. The zero-order chi connectivity index (χ0) is 34.1. The van der Waals surface area contributed by atoms with Crippen LogP contribution in [-0.4, -0.2) is 88.2 Å². The molecule has 0 saturated carbocycles. The van der Waals surface area contributed by atoms with Gasteiger partial charge in [-0.2, -0.15) is 0 Å². The van der Waals surface area contributed by atoms with Crippen LogP contribution in [0.1, 0.15) is 17.5 Å². The second-order valence-corrected chi connectivity index (χ2v) is 13.8. The summed E-state index contributed by atoms with van der Waals surface area (Å²) in [5, 5.41) is 10.9. The standard InChI is InChI=1S/C30H27BrF3N3O9S/c1-35(2)27(39)22-12-17(38)14-36(22)29(19-5-4-6-23-26(19)45-15-44-23)20-11-16(31)7-9-21(20)37(28(29)40)47(41,42)25-10-8-18(43-3)13-24(25)46-30(32,33)34/h4-11,13,17,22,38H,12,14-15H2,1-3H3/t17-,22+,29?/m1/s1. The summed E-state index contributed by atoms with van der Waals surface area (Å²) in [5.41, 5.74) is -2.22. The van der Waals surface area contributed by atoms with Crippen molar-refractivity contribution in [2.24, 2.45) is 0 Å². The van der Waals surface area contributed by atoms with Crippen LogP contribution in [0.3, 0.4) is 0 Å².